The van der Waals surface area contributed by atoms with Crippen LogP contribution >= 0.6 is 0 Å². The predicted octanol–water partition coefficient (Wildman–Crippen LogP) is 4.29. The molecule has 3 rings (SSSR count). The number of rotatable bonds is 2. The molecule has 0 aromatic heterocycles. The normalized spacial score (nSPS) is 40.7. The Bertz CT molecular complexity index is 528. The number of ketones is 1. The van der Waals surface area contributed by atoms with E-state index in [9.17, 15) is 9.90 Å². The molecule has 0 saturated heterocycles. The number of fused-ring (bicyclic) bond motifs is 3. The van der Waals surface area contributed by atoms with Gasteiger partial charge in [0.25, 0.3) is 0 Å². The van der Waals surface area contributed by atoms with Gasteiger partial charge >= 0.3 is 0 Å². The van der Waals surface area contributed by atoms with E-state index in [1.807, 2.05) is 0 Å². The monoisotopic (exact) mass is 302 g/mol. The topological polar surface area (TPSA) is 37.3 Å². The van der Waals surface area contributed by atoms with Crippen LogP contribution in [0.2, 0.25) is 0 Å². The van der Waals surface area contributed by atoms with E-state index in [0.29, 0.717) is 29.5 Å². The summed E-state index contributed by atoms with van der Waals surface area (Å²) < 4.78 is 0. The SMILES string of the molecule is C=C1C(CCO)=CC(=O)C2C1CCC1C(C)(C)CCCC21C. The molecule has 2 nitrogen and oxygen atoms in total. The minimum atomic E-state index is 0.0996. The first-order valence-corrected chi connectivity index (χ1v) is 8.86. The van der Waals surface area contributed by atoms with Gasteiger partial charge in [-0.3, -0.25) is 4.79 Å². The fraction of sp³-hybridized carbons (Fsp3) is 0.750. The summed E-state index contributed by atoms with van der Waals surface area (Å²) in [5.74, 6) is 1.35. The van der Waals surface area contributed by atoms with Gasteiger partial charge in [-0.2, -0.15) is 0 Å². The molecule has 0 amide bonds. The summed E-state index contributed by atoms with van der Waals surface area (Å²) in [7, 11) is 0. The maximum absolute atomic E-state index is 12.9. The van der Waals surface area contributed by atoms with E-state index in [-0.39, 0.29) is 17.9 Å². The Hall–Kier alpha value is -0.890. The molecule has 1 N–H and O–H groups in total. The largest absolute Gasteiger partial charge is 0.396 e. The van der Waals surface area contributed by atoms with Crippen molar-refractivity contribution in [1.29, 1.82) is 0 Å². The minimum absolute atomic E-state index is 0.0996. The van der Waals surface area contributed by atoms with Gasteiger partial charge in [0, 0.05) is 12.5 Å². The first-order valence-electron chi connectivity index (χ1n) is 8.86. The summed E-state index contributed by atoms with van der Waals surface area (Å²) in [4.78, 5) is 12.9. The van der Waals surface area contributed by atoms with E-state index >= 15 is 0 Å². The second kappa shape index (κ2) is 5.33. The molecular weight excluding hydrogens is 272 g/mol. The molecule has 4 unspecified atom stereocenters. The maximum atomic E-state index is 12.9. The van der Waals surface area contributed by atoms with Gasteiger partial charge in [-0.1, -0.05) is 33.8 Å². The highest BCUT2D eigenvalue weighted by Gasteiger charge is 2.57. The number of hydrogen-bond acceptors (Lipinski definition) is 2. The van der Waals surface area contributed by atoms with E-state index in [1.54, 1.807) is 6.08 Å². The molecule has 3 aliphatic carbocycles. The zero-order chi connectivity index (χ0) is 16.1. The van der Waals surface area contributed by atoms with Gasteiger partial charge in [0.15, 0.2) is 5.78 Å². The predicted molar refractivity (Wildman–Crippen MR) is 89.4 cm³/mol. The van der Waals surface area contributed by atoms with Crippen molar-refractivity contribution in [3.05, 3.63) is 23.8 Å². The van der Waals surface area contributed by atoms with Gasteiger partial charge in [0.2, 0.25) is 0 Å². The fourth-order valence-corrected chi connectivity index (χ4v) is 6.08. The summed E-state index contributed by atoms with van der Waals surface area (Å²) in [6.45, 7) is 11.6. The van der Waals surface area contributed by atoms with Crippen molar-refractivity contribution in [1.82, 2.24) is 0 Å². The lowest BCUT2D eigenvalue weighted by Crippen LogP contribution is -2.55. The minimum Gasteiger partial charge on any atom is -0.396 e. The van der Waals surface area contributed by atoms with Crippen LogP contribution in [-0.4, -0.2) is 17.5 Å². The van der Waals surface area contributed by atoms with E-state index < -0.39 is 0 Å². The van der Waals surface area contributed by atoms with Crippen molar-refractivity contribution in [3.8, 4) is 0 Å². The second-order valence-electron chi connectivity index (χ2n) is 8.63. The molecule has 0 aromatic carbocycles. The van der Waals surface area contributed by atoms with Crippen LogP contribution in [0.3, 0.4) is 0 Å². The number of carbonyl (C=O) groups excluding carboxylic acids is 1. The molecule has 2 saturated carbocycles. The van der Waals surface area contributed by atoms with Crippen LogP contribution < -0.4 is 0 Å². The van der Waals surface area contributed by atoms with E-state index in [1.165, 1.54) is 25.7 Å². The zero-order valence-corrected chi connectivity index (χ0v) is 14.3. The average molecular weight is 302 g/mol. The van der Waals surface area contributed by atoms with E-state index in [4.69, 9.17) is 0 Å². The average Bonchev–Trinajstić information content (AvgIpc) is 2.42. The van der Waals surface area contributed by atoms with Gasteiger partial charge in [-0.05, 0) is 72.0 Å². The van der Waals surface area contributed by atoms with Crippen LogP contribution in [0, 0.1) is 28.6 Å². The standard InChI is InChI=1S/C20H30O2/c1-13-14(8-11-21)12-16(22)18-15(13)6-7-17-19(2,3)9-5-10-20(17,18)4/h12,15,17-18,21H,1,5-11H2,2-4H3. The van der Waals surface area contributed by atoms with Gasteiger partial charge in [-0.15, -0.1) is 0 Å². The number of aliphatic hydroxyl groups is 1. The van der Waals surface area contributed by atoms with Crippen molar-refractivity contribution in [2.45, 2.75) is 59.3 Å². The van der Waals surface area contributed by atoms with Crippen LogP contribution in [0.4, 0.5) is 0 Å². The lowest BCUT2D eigenvalue weighted by atomic mass is 9.44. The van der Waals surface area contributed by atoms with E-state index in [2.05, 4.69) is 27.4 Å². The maximum Gasteiger partial charge on any atom is 0.160 e. The van der Waals surface area contributed by atoms with Gasteiger partial charge in [0.05, 0.1) is 0 Å². The zero-order valence-electron chi connectivity index (χ0n) is 14.3. The van der Waals surface area contributed by atoms with Gasteiger partial charge in [0.1, 0.15) is 0 Å². The molecular formula is C20H30O2. The number of allylic oxidation sites excluding steroid dienone is 2. The molecule has 0 aliphatic heterocycles. The molecule has 0 heterocycles. The Morgan fingerprint density at radius 2 is 2.00 bits per heavy atom. The Labute approximate surface area is 134 Å². The van der Waals surface area contributed by atoms with Gasteiger partial charge < -0.3 is 5.11 Å². The third-order valence-electron chi connectivity index (χ3n) is 7.02. The van der Waals surface area contributed by atoms with Gasteiger partial charge in [-0.25, -0.2) is 0 Å². The molecule has 0 radical (unpaired) electrons. The first kappa shape index (κ1) is 16.0. The van der Waals surface area contributed by atoms with Crippen molar-refractivity contribution in [3.63, 3.8) is 0 Å². The van der Waals surface area contributed by atoms with Crippen molar-refractivity contribution >= 4 is 5.78 Å². The lowest BCUT2D eigenvalue weighted by Gasteiger charge is -2.59. The Balaban J connectivity index is 2.00. The van der Waals surface area contributed by atoms with Crippen molar-refractivity contribution in [2.24, 2.45) is 28.6 Å². The van der Waals surface area contributed by atoms with Crippen LogP contribution in [0.1, 0.15) is 59.3 Å². The summed E-state index contributed by atoms with van der Waals surface area (Å²) in [6, 6.07) is 0. The molecule has 0 spiro atoms. The molecule has 2 fully saturated rings. The van der Waals surface area contributed by atoms with Crippen LogP contribution in [-0.2, 0) is 4.79 Å². The summed E-state index contributed by atoms with van der Waals surface area (Å²) in [5.41, 5.74) is 2.58. The molecule has 22 heavy (non-hydrogen) atoms. The van der Waals surface area contributed by atoms with Crippen molar-refractivity contribution in [2.75, 3.05) is 6.61 Å². The van der Waals surface area contributed by atoms with Crippen LogP contribution in [0.5, 0.6) is 0 Å². The second-order valence-corrected chi connectivity index (χ2v) is 8.63. The van der Waals surface area contributed by atoms with Crippen molar-refractivity contribution < 1.29 is 9.90 Å². The third kappa shape index (κ3) is 2.22. The molecule has 3 aliphatic rings. The Kier molecular flexibility index (Phi) is 3.87. The number of aliphatic hydroxyl groups excluding tert-OH is 1. The highest BCUT2D eigenvalue weighted by atomic mass is 16.3. The summed E-state index contributed by atoms with van der Waals surface area (Å²) in [6.07, 6.45) is 8.35. The Morgan fingerprint density at radius 1 is 1.27 bits per heavy atom. The third-order valence-corrected chi connectivity index (χ3v) is 7.02. The molecule has 2 heteroatoms. The quantitative estimate of drug-likeness (QED) is 0.826. The Morgan fingerprint density at radius 3 is 2.68 bits per heavy atom. The van der Waals surface area contributed by atoms with Crippen LogP contribution in [0.15, 0.2) is 23.8 Å². The first-order chi connectivity index (χ1) is 10.3. The van der Waals surface area contributed by atoms with Crippen LogP contribution in [0.25, 0.3) is 0 Å². The highest BCUT2D eigenvalue weighted by molar-refractivity contribution is 5.96. The molecule has 0 bridgehead atoms. The molecule has 0 aromatic rings. The van der Waals surface area contributed by atoms with E-state index in [0.717, 1.165) is 17.6 Å². The molecule has 122 valence electrons. The smallest absolute Gasteiger partial charge is 0.160 e. The highest BCUT2D eigenvalue weighted by Crippen LogP contribution is 2.63. The fourth-order valence-electron chi connectivity index (χ4n) is 6.08. The lowest BCUT2D eigenvalue weighted by molar-refractivity contribution is -0.140. The molecule has 4 atom stereocenters. The number of hydrogen-bond donors (Lipinski definition) is 1. The summed E-state index contributed by atoms with van der Waals surface area (Å²) >= 11 is 0. The number of carbonyl (C=O) groups is 1. The summed E-state index contributed by atoms with van der Waals surface area (Å²) in [5, 5.41) is 9.23.